The van der Waals surface area contributed by atoms with E-state index in [1.807, 2.05) is 47.5 Å². The van der Waals surface area contributed by atoms with E-state index < -0.39 is 0 Å². The van der Waals surface area contributed by atoms with Crippen molar-refractivity contribution in [2.45, 2.75) is 6.54 Å². The highest BCUT2D eigenvalue weighted by Crippen LogP contribution is 2.34. The summed E-state index contributed by atoms with van der Waals surface area (Å²) in [5, 5.41) is 4.76. The van der Waals surface area contributed by atoms with Crippen LogP contribution in [0.2, 0.25) is 10.0 Å². The second-order valence-corrected chi connectivity index (χ2v) is 9.69. The van der Waals surface area contributed by atoms with E-state index in [1.54, 1.807) is 6.07 Å². The highest BCUT2D eigenvalue weighted by Gasteiger charge is 2.22. The Morgan fingerprint density at radius 1 is 0.971 bits per heavy atom. The molecule has 2 aliphatic heterocycles. The van der Waals surface area contributed by atoms with E-state index in [-0.39, 0.29) is 5.91 Å². The number of rotatable bonds is 4. The predicted molar refractivity (Wildman–Crippen MR) is 139 cm³/mol. The number of nitrogens with one attached hydrogen (secondary N) is 1. The van der Waals surface area contributed by atoms with Gasteiger partial charge in [-0.15, -0.1) is 0 Å². The van der Waals surface area contributed by atoms with Crippen LogP contribution in [-0.4, -0.2) is 67.0 Å². The zero-order valence-corrected chi connectivity index (χ0v) is 20.6. The molecule has 1 saturated heterocycles. The first kappa shape index (κ1) is 23.0. The maximum atomic E-state index is 12.9. The van der Waals surface area contributed by atoms with Crippen molar-refractivity contribution in [3.05, 3.63) is 75.9 Å². The molecule has 0 radical (unpaired) electrons. The number of fused-ring (bicyclic) bond motifs is 1. The highest BCUT2D eigenvalue weighted by molar-refractivity contribution is 6.33. The van der Waals surface area contributed by atoms with Crippen molar-refractivity contribution in [3.8, 4) is 11.1 Å². The molecule has 0 bridgehead atoms. The second kappa shape index (κ2) is 9.82. The van der Waals surface area contributed by atoms with E-state index >= 15 is 0 Å². The quantitative estimate of drug-likeness (QED) is 0.559. The van der Waals surface area contributed by atoms with Gasteiger partial charge in [0, 0.05) is 73.2 Å². The molecule has 0 unspecified atom stereocenters. The fraction of sp³-hybridized carbons (Fsp3) is 0.308. The van der Waals surface area contributed by atoms with Crippen molar-refractivity contribution >= 4 is 40.6 Å². The lowest BCUT2D eigenvalue weighted by Gasteiger charge is -2.32. The molecule has 3 heterocycles. The number of amides is 1. The molecule has 1 amide bonds. The summed E-state index contributed by atoms with van der Waals surface area (Å²) < 4.78 is 0. The Morgan fingerprint density at radius 2 is 1.74 bits per heavy atom. The third kappa shape index (κ3) is 4.85. The number of nitrogens with zero attached hydrogens (tertiary/aromatic N) is 4. The van der Waals surface area contributed by atoms with Crippen molar-refractivity contribution in [2.24, 2.45) is 0 Å². The first-order chi connectivity index (χ1) is 16.5. The van der Waals surface area contributed by atoms with E-state index in [2.05, 4.69) is 33.2 Å². The summed E-state index contributed by atoms with van der Waals surface area (Å²) in [6.45, 7) is 5.65. The minimum Gasteiger partial charge on any atom is -0.367 e. The molecule has 2 aliphatic rings. The third-order valence-corrected chi connectivity index (χ3v) is 7.11. The van der Waals surface area contributed by atoms with Gasteiger partial charge in [0.2, 0.25) is 0 Å². The summed E-state index contributed by atoms with van der Waals surface area (Å²) in [6.07, 6.45) is 1.87. The van der Waals surface area contributed by atoms with Crippen LogP contribution in [0.25, 0.3) is 11.1 Å². The van der Waals surface area contributed by atoms with Gasteiger partial charge in [0.25, 0.3) is 5.91 Å². The Bertz CT molecular complexity index is 1190. The third-order valence-electron chi connectivity index (χ3n) is 6.51. The summed E-state index contributed by atoms with van der Waals surface area (Å²) in [4.78, 5) is 24.0. The molecular weight excluding hydrogens is 469 g/mol. The standard InChI is InChI=1S/C26H27Cl2N5O/c1-31-10-12-32(13-11-31)26(34)19-4-2-18(3-5-19)20-15-24-25(30-16-20)29-8-9-33(24)17-21-14-22(27)6-7-23(21)28/h2-7,14-16H,8-13,17H2,1H3,(H,29,30). The lowest BCUT2D eigenvalue weighted by atomic mass is 10.0. The SMILES string of the molecule is CN1CCN(C(=O)c2ccc(-c3cnc4c(c3)N(Cc3cc(Cl)ccc3Cl)CCN4)cc2)CC1. The molecule has 0 aliphatic carbocycles. The maximum Gasteiger partial charge on any atom is 0.253 e. The number of likely N-dealkylation sites (N-methyl/N-ethyl adjacent to an activating group) is 1. The molecular formula is C26H27Cl2N5O. The Morgan fingerprint density at radius 3 is 2.50 bits per heavy atom. The summed E-state index contributed by atoms with van der Waals surface area (Å²) in [6, 6.07) is 15.5. The van der Waals surface area contributed by atoms with Gasteiger partial charge in [0.1, 0.15) is 5.82 Å². The molecule has 1 fully saturated rings. The minimum atomic E-state index is 0.0944. The van der Waals surface area contributed by atoms with Crippen molar-refractivity contribution in [3.63, 3.8) is 0 Å². The average Bonchev–Trinajstić information content (AvgIpc) is 2.86. The largest absolute Gasteiger partial charge is 0.367 e. The topological polar surface area (TPSA) is 51.7 Å². The van der Waals surface area contributed by atoms with Crippen LogP contribution in [-0.2, 0) is 6.54 Å². The molecule has 0 atom stereocenters. The van der Waals surface area contributed by atoms with Gasteiger partial charge in [-0.3, -0.25) is 4.79 Å². The Kier molecular flexibility index (Phi) is 6.63. The Hall–Kier alpha value is -2.80. The molecule has 2 aromatic carbocycles. The monoisotopic (exact) mass is 495 g/mol. The molecule has 0 spiro atoms. The fourth-order valence-electron chi connectivity index (χ4n) is 4.45. The summed E-state index contributed by atoms with van der Waals surface area (Å²) in [5.74, 6) is 0.951. The first-order valence-corrected chi connectivity index (χ1v) is 12.2. The van der Waals surface area contributed by atoms with Crippen LogP contribution in [0.15, 0.2) is 54.7 Å². The second-order valence-electron chi connectivity index (χ2n) is 8.85. The van der Waals surface area contributed by atoms with E-state index in [0.29, 0.717) is 16.6 Å². The van der Waals surface area contributed by atoms with Crippen LogP contribution in [0.1, 0.15) is 15.9 Å². The average molecular weight is 496 g/mol. The Balaban J connectivity index is 1.36. The van der Waals surface area contributed by atoms with Crippen LogP contribution >= 0.6 is 23.2 Å². The number of aromatic nitrogens is 1. The van der Waals surface area contributed by atoms with Gasteiger partial charge in [-0.2, -0.15) is 0 Å². The molecule has 6 nitrogen and oxygen atoms in total. The van der Waals surface area contributed by atoms with Gasteiger partial charge in [0.15, 0.2) is 0 Å². The molecule has 1 aromatic heterocycles. The molecule has 5 rings (SSSR count). The number of carbonyl (C=O) groups is 1. The molecule has 3 aromatic rings. The summed E-state index contributed by atoms with van der Waals surface area (Å²) >= 11 is 12.6. The Labute approximate surface area is 210 Å². The number of benzene rings is 2. The molecule has 1 N–H and O–H groups in total. The zero-order valence-electron chi connectivity index (χ0n) is 19.1. The van der Waals surface area contributed by atoms with Gasteiger partial charge < -0.3 is 20.0 Å². The number of halogens is 2. The first-order valence-electron chi connectivity index (χ1n) is 11.5. The lowest BCUT2D eigenvalue weighted by Crippen LogP contribution is -2.47. The maximum absolute atomic E-state index is 12.9. The lowest BCUT2D eigenvalue weighted by molar-refractivity contribution is 0.0664. The zero-order chi connectivity index (χ0) is 23.7. The number of piperazine rings is 1. The van der Waals surface area contributed by atoms with Gasteiger partial charge in [0.05, 0.1) is 5.69 Å². The number of hydrogen-bond donors (Lipinski definition) is 1. The van der Waals surface area contributed by atoms with Crippen LogP contribution in [0.4, 0.5) is 11.5 Å². The summed E-state index contributed by atoms with van der Waals surface area (Å²) in [7, 11) is 2.09. The fourth-order valence-corrected chi connectivity index (χ4v) is 4.82. The smallest absolute Gasteiger partial charge is 0.253 e. The molecule has 34 heavy (non-hydrogen) atoms. The molecule has 176 valence electrons. The van der Waals surface area contributed by atoms with Crippen LogP contribution in [0.3, 0.4) is 0 Å². The summed E-state index contributed by atoms with van der Waals surface area (Å²) in [5.41, 5.74) is 4.76. The number of carbonyl (C=O) groups excluding carboxylic acids is 1. The van der Waals surface area contributed by atoms with Gasteiger partial charge in [-0.25, -0.2) is 4.98 Å². The molecule has 0 saturated carbocycles. The van der Waals surface area contributed by atoms with Gasteiger partial charge >= 0.3 is 0 Å². The van der Waals surface area contributed by atoms with Gasteiger partial charge in [-0.05, 0) is 54.6 Å². The number of anilines is 2. The van der Waals surface area contributed by atoms with E-state index in [1.165, 1.54) is 0 Å². The van der Waals surface area contributed by atoms with Crippen LogP contribution in [0.5, 0.6) is 0 Å². The minimum absolute atomic E-state index is 0.0944. The van der Waals surface area contributed by atoms with E-state index in [9.17, 15) is 4.79 Å². The van der Waals surface area contributed by atoms with Crippen molar-refractivity contribution < 1.29 is 4.79 Å². The van der Waals surface area contributed by atoms with E-state index in [4.69, 9.17) is 23.2 Å². The van der Waals surface area contributed by atoms with Gasteiger partial charge in [-0.1, -0.05) is 35.3 Å². The van der Waals surface area contributed by atoms with Crippen molar-refractivity contribution in [2.75, 3.05) is 56.5 Å². The highest BCUT2D eigenvalue weighted by atomic mass is 35.5. The van der Waals surface area contributed by atoms with Crippen LogP contribution in [0, 0.1) is 0 Å². The van der Waals surface area contributed by atoms with Crippen molar-refractivity contribution in [1.29, 1.82) is 0 Å². The van der Waals surface area contributed by atoms with Crippen LogP contribution < -0.4 is 10.2 Å². The van der Waals surface area contributed by atoms with Crippen molar-refractivity contribution in [1.82, 2.24) is 14.8 Å². The molecule has 8 heteroatoms. The number of hydrogen-bond acceptors (Lipinski definition) is 5. The predicted octanol–water partition coefficient (Wildman–Crippen LogP) is 4.88. The number of pyridine rings is 1. The van der Waals surface area contributed by atoms with E-state index in [0.717, 1.165) is 73.0 Å². The normalized spacial score (nSPS) is 16.2.